The lowest BCUT2D eigenvalue weighted by molar-refractivity contribution is 0.372. The molecule has 0 unspecified atom stereocenters. The van der Waals surface area contributed by atoms with Gasteiger partial charge >= 0.3 is 0 Å². The van der Waals surface area contributed by atoms with Gasteiger partial charge in [0.25, 0.3) is 0 Å². The molecule has 0 saturated carbocycles. The monoisotopic (exact) mass is 332 g/mol. The highest BCUT2D eigenvalue weighted by Crippen LogP contribution is 2.17. The Morgan fingerprint density at radius 1 is 1.17 bits per heavy atom. The largest absolute Gasteiger partial charge is 0.368 e. The van der Waals surface area contributed by atoms with Gasteiger partial charge < -0.3 is 15.1 Å². The number of nitrogens with one attached hydrogen (secondary N) is 1. The Hall–Kier alpha value is -2.08. The van der Waals surface area contributed by atoms with Crippen molar-refractivity contribution < 1.29 is 4.39 Å². The van der Waals surface area contributed by atoms with Crippen LogP contribution in [0.3, 0.4) is 0 Å². The summed E-state index contributed by atoms with van der Waals surface area (Å²) >= 11 is 1.75. The zero-order chi connectivity index (χ0) is 16.1. The van der Waals surface area contributed by atoms with Gasteiger partial charge in [0.15, 0.2) is 5.96 Å². The highest BCUT2D eigenvalue weighted by Gasteiger charge is 2.19. The van der Waals surface area contributed by atoms with Crippen molar-refractivity contribution in [3.05, 3.63) is 52.5 Å². The van der Waals surface area contributed by atoms with E-state index in [2.05, 4.69) is 37.6 Å². The Balaban J connectivity index is 1.53. The Morgan fingerprint density at radius 2 is 1.91 bits per heavy atom. The molecule has 0 spiro atoms. The minimum Gasteiger partial charge on any atom is -0.368 e. The summed E-state index contributed by atoms with van der Waals surface area (Å²) in [4.78, 5) is 10.2. The highest BCUT2D eigenvalue weighted by molar-refractivity contribution is 7.09. The molecular weight excluding hydrogens is 311 g/mol. The summed E-state index contributed by atoms with van der Waals surface area (Å²) in [5.74, 6) is 0.753. The summed E-state index contributed by atoms with van der Waals surface area (Å²) < 4.78 is 13.0. The zero-order valence-electron chi connectivity index (χ0n) is 13.2. The number of anilines is 1. The van der Waals surface area contributed by atoms with E-state index in [0.717, 1.165) is 44.4 Å². The number of rotatable bonds is 3. The molecule has 0 radical (unpaired) electrons. The maximum absolute atomic E-state index is 13.0. The van der Waals surface area contributed by atoms with Crippen molar-refractivity contribution in [2.75, 3.05) is 38.1 Å². The second-order valence-electron chi connectivity index (χ2n) is 5.43. The lowest BCUT2D eigenvalue weighted by Gasteiger charge is -2.37. The van der Waals surface area contributed by atoms with E-state index in [4.69, 9.17) is 0 Å². The van der Waals surface area contributed by atoms with Gasteiger partial charge in [-0.25, -0.2) is 4.39 Å². The maximum Gasteiger partial charge on any atom is 0.194 e. The number of piperazine rings is 1. The number of benzene rings is 1. The van der Waals surface area contributed by atoms with Crippen molar-refractivity contribution in [2.45, 2.75) is 6.54 Å². The fraction of sp³-hybridized carbons (Fsp3) is 0.353. The molecule has 2 heterocycles. The van der Waals surface area contributed by atoms with Gasteiger partial charge in [-0.15, -0.1) is 11.3 Å². The number of guanidine groups is 1. The summed E-state index contributed by atoms with van der Waals surface area (Å²) in [6.45, 7) is 4.43. The molecule has 0 atom stereocenters. The molecule has 6 heteroatoms. The topological polar surface area (TPSA) is 30.9 Å². The molecular formula is C17H21FN4S. The van der Waals surface area contributed by atoms with E-state index in [1.54, 1.807) is 11.3 Å². The van der Waals surface area contributed by atoms with Crippen LogP contribution in [0.1, 0.15) is 4.88 Å². The van der Waals surface area contributed by atoms with Crippen LogP contribution in [0.2, 0.25) is 0 Å². The summed E-state index contributed by atoms with van der Waals surface area (Å²) in [5.41, 5.74) is 1.08. The Labute approximate surface area is 140 Å². The average molecular weight is 332 g/mol. The lowest BCUT2D eigenvalue weighted by Crippen LogP contribution is -2.52. The van der Waals surface area contributed by atoms with E-state index in [0.29, 0.717) is 0 Å². The predicted molar refractivity (Wildman–Crippen MR) is 94.7 cm³/mol. The van der Waals surface area contributed by atoms with Crippen molar-refractivity contribution in [3.8, 4) is 0 Å². The van der Waals surface area contributed by atoms with Gasteiger partial charge in [-0.2, -0.15) is 0 Å². The van der Waals surface area contributed by atoms with E-state index in [1.165, 1.54) is 17.0 Å². The third kappa shape index (κ3) is 4.01. The number of hydrogen-bond acceptors (Lipinski definition) is 3. The molecule has 1 aliphatic heterocycles. The summed E-state index contributed by atoms with van der Waals surface area (Å²) in [5, 5.41) is 5.51. The van der Waals surface area contributed by atoms with Crippen LogP contribution in [0, 0.1) is 5.82 Å². The van der Waals surface area contributed by atoms with Crippen LogP contribution in [0.15, 0.2) is 46.8 Å². The van der Waals surface area contributed by atoms with Gasteiger partial charge in [0.05, 0.1) is 6.54 Å². The van der Waals surface area contributed by atoms with Gasteiger partial charge in [-0.05, 0) is 35.7 Å². The first-order valence-corrected chi connectivity index (χ1v) is 8.63. The van der Waals surface area contributed by atoms with Gasteiger partial charge in [0.1, 0.15) is 5.82 Å². The molecule has 0 aliphatic carbocycles. The number of aliphatic imine (C=N–C) groups is 1. The molecule has 1 saturated heterocycles. The maximum atomic E-state index is 13.0. The first-order valence-electron chi connectivity index (χ1n) is 7.75. The normalized spacial score (nSPS) is 15.8. The number of nitrogens with zero attached hydrogens (tertiary/aromatic N) is 3. The smallest absolute Gasteiger partial charge is 0.194 e. The van der Waals surface area contributed by atoms with Crippen LogP contribution in [0.5, 0.6) is 0 Å². The SMILES string of the molecule is CN=C(NCc1cccs1)N1CCN(c2ccc(F)cc2)CC1. The molecule has 122 valence electrons. The summed E-state index contributed by atoms with van der Waals surface area (Å²) in [7, 11) is 1.82. The minimum absolute atomic E-state index is 0.189. The van der Waals surface area contributed by atoms with Crippen LogP contribution in [0.25, 0.3) is 0 Å². The van der Waals surface area contributed by atoms with E-state index in [9.17, 15) is 4.39 Å². The zero-order valence-corrected chi connectivity index (χ0v) is 14.0. The van der Waals surface area contributed by atoms with Crippen molar-refractivity contribution in [3.63, 3.8) is 0 Å². The summed E-state index contributed by atoms with van der Waals surface area (Å²) in [6, 6.07) is 10.9. The van der Waals surface area contributed by atoms with Crippen LogP contribution in [0.4, 0.5) is 10.1 Å². The Bertz CT molecular complexity index is 631. The first kappa shape index (κ1) is 15.8. The second kappa shape index (κ2) is 7.46. The lowest BCUT2D eigenvalue weighted by atomic mass is 10.2. The quantitative estimate of drug-likeness (QED) is 0.693. The number of hydrogen-bond donors (Lipinski definition) is 1. The summed E-state index contributed by atoms with van der Waals surface area (Å²) in [6.07, 6.45) is 0. The molecule has 3 rings (SSSR count). The molecule has 2 aromatic rings. The molecule has 1 fully saturated rings. The molecule has 0 bridgehead atoms. The van der Waals surface area contributed by atoms with Crippen LogP contribution in [-0.4, -0.2) is 44.1 Å². The standard InChI is InChI=1S/C17H21FN4S/c1-19-17(20-13-16-3-2-12-23-16)22-10-8-21(9-11-22)15-6-4-14(18)5-7-15/h2-7,12H,8-11,13H2,1H3,(H,19,20). The predicted octanol–water partition coefficient (Wildman–Crippen LogP) is 2.78. The molecule has 1 aromatic carbocycles. The van der Waals surface area contributed by atoms with E-state index < -0.39 is 0 Å². The fourth-order valence-corrected chi connectivity index (χ4v) is 3.38. The van der Waals surface area contributed by atoms with Crippen LogP contribution >= 0.6 is 11.3 Å². The van der Waals surface area contributed by atoms with Gasteiger partial charge in [-0.1, -0.05) is 6.07 Å². The van der Waals surface area contributed by atoms with E-state index >= 15 is 0 Å². The fourth-order valence-electron chi connectivity index (χ4n) is 2.74. The van der Waals surface area contributed by atoms with Gasteiger partial charge in [0.2, 0.25) is 0 Å². The molecule has 1 aliphatic rings. The number of thiophene rings is 1. The molecule has 0 amide bonds. The van der Waals surface area contributed by atoms with Crippen LogP contribution in [-0.2, 0) is 6.54 Å². The first-order chi connectivity index (χ1) is 11.3. The van der Waals surface area contributed by atoms with E-state index in [1.807, 2.05) is 19.2 Å². The van der Waals surface area contributed by atoms with E-state index in [-0.39, 0.29) is 5.82 Å². The molecule has 23 heavy (non-hydrogen) atoms. The highest BCUT2D eigenvalue weighted by atomic mass is 32.1. The van der Waals surface area contributed by atoms with Gasteiger partial charge in [-0.3, -0.25) is 4.99 Å². The second-order valence-corrected chi connectivity index (χ2v) is 6.46. The van der Waals surface area contributed by atoms with Gasteiger partial charge in [0, 0.05) is 43.8 Å². The molecule has 1 aromatic heterocycles. The minimum atomic E-state index is -0.189. The van der Waals surface area contributed by atoms with Crippen molar-refractivity contribution in [1.29, 1.82) is 0 Å². The van der Waals surface area contributed by atoms with Crippen LogP contribution < -0.4 is 10.2 Å². The van der Waals surface area contributed by atoms with Crippen molar-refractivity contribution in [2.24, 2.45) is 4.99 Å². The average Bonchev–Trinajstić information content (AvgIpc) is 3.10. The molecule has 4 nitrogen and oxygen atoms in total. The Morgan fingerprint density at radius 3 is 2.52 bits per heavy atom. The Kier molecular flexibility index (Phi) is 5.12. The van der Waals surface area contributed by atoms with Crippen molar-refractivity contribution >= 4 is 23.0 Å². The van der Waals surface area contributed by atoms with Crippen molar-refractivity contribution in [1.82, 2.24) is 10.2 Å². The third-order valence-corrected chi connectivity index (χ3v) is 4.86. The molecule has 1 N–H and O–H groups in total. The third-order valence-electron chi connectivity index (χ3n) is 3.98. The number of halogens is 1.